The lowest BCUT2D eigenvalue weighted by Gasteiger charge is -2.07. The van der Waals surface area contributed by atoms with Gasteiger partial charge in [0.2, 0.25) is 5.91 Å². The van der Waals surface area contributed by atoms with Crippen LogP contribution in [0.25, 0.3) is 0 Å². The highest BCUT2D eigenvalue weighted by Gasteiger charge is 2.27. The summed E-state index contributed by atoms with van der Waals surface area (Å²) in [5, 5.41) is 2.78. The molecule has 1 aliphatic heterocycles. The molecular formula is C6H12N2O3S. The fourth-order valence-electron chi connectivity index (χ4n) is 1.20. The summed E-state index contributed by atoms with van der Waals surface area (Å²) in [4.78, 5) is 10.3. The molecule has 1 atom stereocenters. The average molecular weight is 192 g/mol. The fourth-order valence-corrected chi connectivity index (χ4v) is 2.91. The van der Waals surface area contributed by atoms with Crippen LogP contribution in [0.4, 0.5) is 0 Å². The van der Waals surface area contributed by atoms with Gasteiger partial charge in [0.25, 0.3) is 0 Å². The summed E-state index contributed by atoms with van der Waals surface area (Å²) >= 11 is 0. The predicted molar refractivity (Wildman–Crippen MR) is 44.3 cm³/mol. The third-order valence-corrected chi connectivity index (χ3v) is 3.57. The molecule has 1 heterocycles. The summed E-state index contributed by atoms with van der Waals surface area (Å²) in [5.74, 6) is -0.122. The lowest BCUT2D eigenvalue weighted by molar-refractivity contribution is -0.117. The van der Waals surface area contributed by atoms with E-state index in [1.807, 2.05) is 0 Å². The van der Waals surface area contributed by atoms with Gasteiger partial charge in [-0.1, -0.05) is 0 Å². The Morgan fingerprint density at radius 1 is 1.58 bits per heavy atom. The molecule has 1 amide bonds. The van der Waals surface area contributed by atoms with E-state index < -0.39 is 15.7 Å². The first-order valence-corrected chi connectivity index (χ1v) is 5.54. The number of nitrogens with one attached hydrogen (secondary N) is 1. The Kier molecular flexibility index (Phi) is 2.69. The standard InChI is InChI=1S/C6H12N2O3S/c7-6(9)3-8-5-1-2-12(10,11)4-5/h5,8H,1-4H2,(H2,7,9). The van der Waals surface area contributed by atoms with Gasteiger partial charge >= 0.3 is 0 Å². The molecule has 5 nitrogen and oxygen atoms in total. The summed E-state index contributed by atoms with van der Waals surface area (Å²) < 4.78 is 21.9. The third-order valence-electron chi connectivity index (χ3n) is 1.80. The van der Waals surface area contributed by atoms with Gasteiger partial charge in [-0.05, 0) is 6.42 Å². The first-order chi connectivity index (χ1) is 5.49. The van der Waals surface area contributed by atoms with Gasteiger partial charge in [0, 0.05) is 6.04 Å². The Morgan fingerprint density at radius 2 is 2.25 bits per heavy atom. The van der Waals surface area contributed by atoms with E-state index in [4.69, 9.17) is 5.73 Å². The molecule has 0 spiro atoms. The molecule has 6 heteroatoms. The molecule has 3 N–H and O–H groups in total. The second kappa shape index (κ2) is 3.40. The second-order valence-corrected chi connectivity index (χ2v) is 5.18. The van der Waals surface area contributed by atoms with E-state index in [2.05, 4.69) is 5.32 Å². The van der Waals surface area contributed by atoms with Gasteiger partial charge in [-0.15, -0.1) is 0 Å². The van der Waals surface area contributed by atoms with Crippen molar-refractivity contribution in [3.05, 3.63) is 0 Å². The molecule has 0 radical (unpaired) electrons. The SMILES string of the molecule is NC(=O)CNC1CCS(=O)(=O)C1. The number of hydrogen-bond donors (Lipinski definition) is 2. The summed E-state index contributed by atoms with van der Waals surface area (Å²) in [6.07, 6.45) is 0.579. The van der Waals surface area contributed by atoms with Crippen LogP contribution in [-0.4, -0.2) is 38.4 Å². The largest absolute Gasteiger partial charge is 0.369 e. The van der Waals surface area contributed by atoms with Crippen LogP contribution < -0.4 is 11.1 Å². The van der Waals surface area contributed by atoms with Crippen LogP contribution in [0.2, 0.25) is 0 Å². The van der Waals surface area contributed by atoms with Crippen LogP contribution in [0.1, 0.15) is 6.42 Å². The van der Waals surface area contributed by atoms with Gasteiger partial charge in [-0.25, -0.2) is 8.42 Å². The summed E-state index contributed by atoms with van der Waals surface area (Å²) in [7, 11) is -2.86. The smallest absolute Gasteiger partial charge is 0.231 e. The van der Waals surface area contributed by atoms with Gasteiger partial charge in [0.05, 0.1) is 18.1 Å². The number of amides is 1. The molecule has 0 bridgehead atoms. The van der Waals surface area contributed by atoms with Crippen LogP contribution in [0.5, 0.6) is 0 Å². The maximum Gasteiger partial charge on any atom is 0.231 e. The van der Waals surface area contributed by atoms with E-state index >= 15 is 0 Å². The van der Waals surface area contributed by atoms with Gasteiger partial charge in [0.15, 0.2) is 9.84 Å². The Labute approximate surface area is 71.2 Å². The quantitative estimate of drug-likeness (QED) is 0.555. The molecule has 0 saturated carbocycles. The highest BCUT2D eigenvalue weighted by Crippen LogP contribution is 2.10. The number of carbonyl (C=O) groups excluding carboxylic acids is 1. The van der Waals surface area contributed by atoms with Crippen molar-refractivity contribution in [3.8, 4) is 0 Å². The zero-order valence-corrected chi connectivity index (χ0v) is 7.43. The van der Waals surface area contributed by atoms with Crippen molar-refractivity contribution in [2.75, 3.05) is 18.1 Å². The first-order valence-electron chi connectivity index (χ1n) is 3.72. The molecule has 1 saturated heterocycles. The lowest BCUT2D eigenvalue weighted by Crippen LogP contribution is -2.37. The van der Waals surface area contributed by atoms with E-state index in [0.29, 0.717) is 6.42 Å². The van der Waals surface area contributed by atoms with Crippen molar-refractivity contribution in [1.82, 2.24) is 5.32 Å². The Hall–Kier alpha value is -0.620. The molecular weight excluding hydrogens is 180 g/mol. The molecule has 1 rings (SSSR count). The minimum atomic E-state index is -2.86. The minimum absolute atomic E-state index is 0.0557. The van der Waals surface area contributed by atoms with Crippen LogP contribution >= 0.6 is 0 Å². The fraction of sp³-hybridized carbons (Fsp3) is 0.833. The zero-order chi connectivity index (χ0) is 9.19. The number of rotatable bonds is 3. The number of sulfone groups is 1. The summed E-state index contributed by atoms with van der Waals surface area (Å²) in [6.45, 7) is 0.0557. The van der Waals surface area contributed by atoms with Crippen LogP contribution in [0.15, 0.2) is 0 Å². The van der Waals surface area contributed by atoms with E-state index in [9.17, 15) is 13.2 Å². The Morgan fingerprint density at radius 3 is 2.67 bits per heavy atom. The van der Waals surface area contributed by atoms with Gasteiger partial charge < -0.3 is 11.1 Å². The van der Waals surface area contributed by atoms with Gasteiger partial charge in [-0.3, -0.25) is 4.79 Å². The topological polar surface area (TPSA) is 89.3 Å². The summed E-state index contributed by atoms with van der Waals surface area (Å²) in [5.41, 5.74) is 4.89. The molecule has 0 aromatic carbocycles. The van der Waals surface area contributed by atoms with Gasteiger partial charge in [0.1, 0.15) is 0 Å². The van der Waals surface area contributed by atoms with Crippen LogP contribution in [0.3, 0.4) is 0 Å². The van der Waals surface area contributed by atoms with Crippen LogP contribution in [0, 0.1) is 0 Å². The minimum Gasteiger partial charge on any atom is -0.369 e. The van der Waals surface area contributed by atoms with E-state index in [0.717, 1.165) is 0 Å². The maximum atomic E-state index is 10.9. The van der Waals surface area contributed by atoms with Crippen LogP contribution in [-0.2, 0) is 14.6 Å². The van der Waals surface area contributed by atoms with E-state index in [-0.39, 0.29) is 24.1 Å². The predicted octanol–water partition coefficient (Wildman–Crippen LogP) is -1.75. The average Bonchev–Trinajstić information content (AvgIpc) is 2.26. The van der Waals surface area contributed by atoms with Crippen molar-refractivity contribution in [1.29, 1.82) is 0 Å². The first kappa shape index (κ1) is 9.47. The highest BCUT2D eigenvalue weighted by atomic mass is 32.2. The Bertz CT molecular complexity index is 273. The molecule has 1 unspecified atom stereocenters. The van der Waals surface area contributed by atoms with Crippen molar-refractivity contribution in [3.63, 3.8) is 0 Å². The van der Waals surface area contributed by atoms with Crippen molar-refractivity contribution in [2.24, 2.45) is 5.73 Å². The van der Waals surface area contributed by atoms with Crippen molar-refractivity contribution in [2.45, 2.75) is 12.5 Å². The van der Waals surface area contributed by atoms with Crippen molar-refractivity contribution >= 4 is 15.7 Å². The molecule has 0 aromatic rings. The van der Waals surface area contributed by atoms with E-state index in [1.54, 1.807) is 0 Å². The Balaban J connectivity index is 2.34. The lowest BCUT2D eigenvalue weighted by atomic mass is 10.3. The number of nitrogens with two attached hydrogens (primary N) is 1. The van der Waals surface area contributed by atoms with Crippen molar-refractivity contribution < 1.29 is 13.2 Å². The molecule has 12 heavy (non-hydrogen) atoms. The molecule has 0 aromatic heterocycles. The second-order valence-electron chi connectivity index (χ2n) is 2.95. The number of hydrogen-bond acceptors (Lipinski definition) is 4. The third kappa shape index (κ3) is 2.78. The number of primary amides is 1. The highest BCUT2D eigenvalue weighted by molar-refractivity contribution is 7.91. The molecule has 0 aliphatic carbocycles. The maximum absolute atomic E-state index is 10.9. The normalized spacial score (nSPS) is 27.2. The van der Waals surface area contributed by atoms with Gasteiger partial charge in [-0.2, -0.15) is 0 Å². The van der Waals surface area contributed by atoms with E-state index in [1.165, 1.54) is 0 Å². The zero-order valence-electron chi connectivity index (χ0n) is 6.62. The monoisotopic (exact) mass is 192 g/mol. The number of carbonyl (C=O) groups is 1. The molecule has 70 valence electrons. The summed E-state index contributed by atoms with van der Waals surface area (Å²) in [6, 6.07) is -0.0949. The molecule has 1 aliphatic rings. The molecule has 1 fully saturated rings.